The maximum atomic E-state index is 9.06. The lowest BCUT2D eigenvalue weighted by molar-refractivity contribution is 0.316. The smallest absolute Gasteiger partial charge is 0.0651 e. The molecule has 1 fully saturated rings. The first-order chi connectivity index (χ1) is 8.20. The second-order valence-electron chi connectivity index (χ2n) is 5.44. The third kappa shape index (κ3) is 1.57. The Labute approximate surface area is 102 Å². The van der Waals surface area contributed by atoms with Gasteiger partial charge in [-0.2, -0.15) is 0 Å². The molecule has 90 valence electrons. The van der Waals surface area contributed by atoms with E-state index in [4.69, 9.17) is 5.21 Å². The summed E-state index contributed by atoms with van der Waals surface area (Å²) >= 11 is 0. The second kappa shape index (κ2) is 3.84. The Morgan fingerprint density at radius 3 is 2.94 bits per heavy atom. The van der Waals surface area contributed by atoms with Crippen molar-refractivity contribution in [3.63, 3.8) is 0 Å². The van der Waals surface area contributed by atoms with Gasteiger partial charge in [0.05, 0.1) is 5.71 Å². The standard InChI is InChI=1S/C14H18N2O/c1-16(2)8-9-4-3-5-11-10-6-12(14(9)11)13(7-10)15-17/h3-5,10,12,17H,6-8H2,1-2H3. The fourth-order valence-electron chi connectivity index (χ4n) is 3.42. The van der Waals surface area contributed by atoms with Crippen molar-refractivity contribution < 1.29 is 5.21 Å². The highest BCUT2D eigenvalue weighted by Crippen LogP contribution is 2.52. The van der Waals surface area contributed by atoms with E-state index in [0.29, 0.717) is 11.8 Å². The largest absolute Gasteiger partial charge is 0.411 e. The second-order valence-corrected chi connectivity index (χ2v) is 5.44. The predicted molar refractivity (Wildman–Crippen MR) is 67.8 cm³/mol. The maximum absolute atomic E-state index is 9.06. The molecule has 0 radical (unpaired) electrons. The fraction of sp³-hybridized carbons (Fsp3) is 0.500. The van der Waals surface area contributed by atoms with Crippen LogP contribution < -0.4 is 0 Å². The van der Waals surface area contributed by atoms with Gasteiger partial charge >= 0.3 is 0 Å². The summed E-state index contributed by atoms with van der Waals surface area (Å²) in [6, 6.07) is 6.61. The summed E-state index contributed by atoms with van der Waals surface area (Å²) in [7, 11) is 4.18. The molecule has 2 atom stereocenters. The number of fused-ring (bicyclic) bond motifs is 5. The van der Waals surface area contributed by atoms with Gasteiger partial charge in [0, 0.05) is 12.5 Å². The highest BCUT2D eigenvalue weighted by atomic mass is 16.4. The molecule has 17 heavy (non-hydrogen) atoms. The lowest BCUT2D eigenvalue weighted by Gasteiger charge is -2.21. The number of oxime groups is 1. The van der Waals surface area contributed by atoms with Crippen LogP contribution in [0.5, 0.6) is 0 Å². The molecule has 2 aliphatic carbocycles. The van der Waals surface area contributed by atoms with Gasteiger partial charge in [-0.15, -0.1) is 0 Å². The first-order valence-electron chi connectivity index (χ1n) is 6.18. The van der Waals surface area contributed by atoms with E-state index in [2.05, 4.69) is 42.4 Å². The van der Waals surface area contributed by atoms with Crippen molar-refractivity contribution in [1.82, 2.24) is 4.90 Å². The van der Waals surface area contributed by atoms with Crippen molar-refractivity contribution in [3.05, 3.63) is 34.9 Å². The first-order valence-corrected chi connectivity index (χ1v) is 6.18. The molecule has 2 unspecified atom stereocenters. The van der Waals surface area contributed by atoms with Crippen molar-refractivity contribution in [1.29, 1.82) is 0 Å². The van der Waals surface area contributed by atoms with Crippen LogP contribution in [0.3, 0.4) is 0 Å². The summed E-state index contributed by atoms with van der Waals surface area (Å²) in [5.74, 6) is 0.958. The Bertz CT molecular complexity index is 479. The first kappa shape index (κ1) is 10.8. The SMILES string of the molecule is CN(C)Cc1cccc2c1C1CC2CC1=NO. The normalized spacial score (nSPS) is 28.1. The fourth-order valence-corrected chi connectivity index (χ4v) is 3.42. The summed E-state index contributed by atoms with van der Waals surface area (Å²) in [5, 5.41) is 12.6. The molecule has 0 amide bonds. The molecule has 3 nitrogen and oxygen atoms in total. The topological polar surface area (TPSA) is 35.8 Å². The Kier molecular flexibility index (Phi) is 2.44. The van der Waals surface area contributed by atoms with Crippen LogP contribution in [-0.4, -0.2) is 29.9 Å². The number of nitrogens with zero attached hydrogens (tertiary/aromatic N) is 2. The van der Waals surface area contributed by atoms with E-state index in [-0.39, 0.29) is 0 Å². The zero-order chi connectivity index (χ0) is 12.0. The third-order valence-corrected chi connectivity index (χ3v) is 4.01. The molecule has 0 saturated heterocycles. The molecular weight excluding hydrogens is 212 g/mol. The lowest BCUT2D eigenvalue weighted by Crippen LogP contribution is -2.17. The minimum atomic E-state index is 0.371. The molecule has 0 aromatic heterocycles. The molecule has 1 aromatic carbocycles. The van der Waals surface area contributed by atoms with Gasteiger partial charge in [-0.25, -0.2) is 0 Å². The van der Waals surface area contributed by atoms with E-state index < -0.39 is 0 Å². The van der Waals surface area contributed by atoms with Gasteiger partial charge in [-0.3, -0.25) is 0 Å². The number of rotatable bonds is 2. The van der Waals surface area contributed by atoms with Crippen LogP contribution >= 0.6 is 0 Å². The van der Waals surface area contributed by atoms with Gasteiger partial charge in [-0.1, -0.05) is 23.4 Å². The van der Waals surface area contributed by atoms with Crippen LogP contribution in [0.15, 0.2) is 23.4 Å². The number of hydrogen-bond donors (Lipinski definition) is 1. The summed E-state index contributed by atoms with van der Waals surface area (Å²) in [5.41, 5.74) is 5.29. The van der Waals surface area contributed by atoms with E-state index in [1.54, 1.807) is 0 Å². The third-order valence-electron chi connectivity index (χ3n) is 4.01. The van der Waals surface area contributed by atoms with E-state index in [9.17, 15) is 0 Å². The summed E-state index contributed by atoms with van der Waals surface area (Å²) in [6.07, 6.45) is 2.08. The molecule has 2 bridgehead atoms. The van der Waals surface area contributed by atoms with Crippen molar-refractivity contribution >= 4 is 5.71 Å². The van der Waals surface area contributed by atoms with E-state index in [1.807, 2.05) is 0 Å². The number of hydrogen-bond acceptors (Lipinski definition) is 3. The van der Waals surface area contributed by atoms with Crippen LogP contribution in [0.4, 0.5) is 0 Å². The highest BCUT2D eigenvalue weighted by Gasteiger charge is 2.42. The lowest BCUT2D eigenvalue weighted by atomic mass is 9.87. The van der Waals surface area contributed by atoms with Crippen molar-refractivity contribution in [2.45, 2.75) is 31.2 Å². The number of benzene rings is 1. The van der Waals surface area contributed by atoms with Crippen molar-refractivity contribution in [3.8, 4) is 0 Å². The van der Waals surface area contributed by atoms with Crippen LogP contribution in [0.2, 0.25) is 0 Å². The quantitative estimate of drug-likeness (QED) is 0.626. The highest BCUT2D eigenvalue weighted by molar-refractivity contribution is 5.96. The Hall–Kier alpha value is -1.35. The Morgan fingerprint density at radius 1 is 1.41 bits per heavy atom. The molecule has 3 rings (SSSR count). The molecule has 0 heterocycles. The van der Waals surface area contributed by atoms with Gasteiger partial charge in [0.25, 0.3) is 0 Å². The van der Waals surface area contributed by atoms with Gasteiger partial charge < -0.3 is 10.1 Å². The van der Waals surface area contributed by atoms with Gasteiger partial charge in [0.2, 0.25) is 0 Å². The summed E-state index contributed by atoms with van der Waals surface area (Å²) in [6.45, 7) is 0.963. The predicted octanol–water partition coefficient (Wildman–Crippen LogP) is 2.55. The van der Waals surface area contributed by atoms with Gasteiger partial charge in [0.15, 0.2) is 0 Å². The average Bonchev–Trinajstić information content (AvgIpc) is 2.86. The molecule has 2 aliphatic rings. The van der Waals surface area contributed by atoms with Gasteiger partial charge in [-0.05, 0) is 49.5 Å². The molecule has 3 heteroatoms. The minimum Gasteiger partial charge on any atom is -0.411 e. The van der Waals surface area contributed by atoms with Crippen molar-refractivity contribution in [2.24, 2.45) is 5.16 Å². The molecule has 1 aromatic rings. The monoisotopic (exact) mass is 230 g/mol. The molecule has 1 saturated carbocycles. The summed E-state index contributed by atoms with van der Waals surface area (Å²) < 4.78 is 0. The molecule has 0 aliphatic heterocycles. The zero-order valence-electron chi connectivity index (χ0n) is 10.3. The van der Waals surface area contributed by atoms with Crippen LogP contribution in [0.1, 0.15) is 41.4 Å². The molecule has 0 spiro atoms. The molecular formula is C14H18N2O. The molecule has 1 N–H and O–H groups in total. The zero-order valence-corrected chi connectivity index (χ0v) is 10.3. The van der Waals surface area contributed by atoms with Crippen molar-refractivity contribution in [2.75, 3.05) is 14.1 Å². The minimum absolute atomic E-state index is 0.371. The van der Waals surface area contributed by atoms with E-state index in [0.717, 1.165) is 25.1 Å². The van der Waals surface area contributed by atoms with E-state index >= 15 is 0 Å². The van der Waals surface area contributed by atoms with Crippen LogP contribution in [0.25, 0.3) is 0 Å². The van der Waals surface area contributed by atoms with E-state index in [1.165, 1.54) is 16.7 Å². The average molecular weight is 230 g/mol. The Morgan fingerprint density at radius 2 is 2.24 bits per heavy atom. The van der Waals surface area contributed by atoms with Gasteiger partial charge in [0.1, 0.15) is 0 Å². The van der Waals surface area contributed by atoms with Crippen LogP contribution in [0, 0.1) is 0 Å². The van der Waals surface area contributed by atoms with Crippen LogP contribution in [-0.2, 0) is 6.54 Å². The summed E-state index contributed by atoms with van der Waals surface area (Å²) in [4.78, 5) is 2.19. The maximum Gasteiger partial charge on any atom is 0.0651 e. The Balaban J connectivity index is 2.07.